The Balaban J connectivity index is 1.88. The zero-order valence-corrected chi connectivity index (χ0v) is 14.7. The van der Waals surface area contributed by atoms with Crippen molar-refractivity contribution in [2.24, 2.45) is 5.92 Å². The summed E-state index contributed by atoms with van der Waals surface area (Å²) in [7, 11) is 0. The second-order valence-corrected chi connectivity index (χ2v) is 7.61. The van der Waals surface area contributed by atoms with Crippen molar-refractivity contribution < 1.29 is 4.74 Å². The maximum absolute atomic E-state index is 6.53. The zero-order valence-electron chi connectivity index (χ0n) is 13.1. The van der Waals surface area contributed by atoms with Crippen molar-refractivity contribution >= 4 is 15.9 Å². The second kappa shape index (κ2) is 6.29. The maximum Gasteiger partial charge on any atom is 0.126 e. The van der Waals surface area contributed by atoms with E-state index in [0.717, 1.165) is 29.1 Å². The van der Waals surface area contributed by atoms with Crippen LogP contribution < -0.4 is 10.1 Å². The first-order valence-corrected chi connectivity index (χ1v) is 9.17. The summed E-state index contributed by atoms with van der Waals surface area (Å²) in [5, 5.41) is 3.74. The van der Waals surface area contributed by atoms with E-state index in [1.807, 2.05) is 0 Å². The molecule has 1 spiro atoms. The number of ether oxygens (including phenoxy) is 1. The molecule has 2 nitrogen and oxygen atoms in total. The molecule has 1 saturated carbocycles. The Kier molecular flexibility index (Phi) is 4.60. The summed E-state index contributed by atoms with van der Waals surface area (Å²) >= 11 is 3.59. The van der Waals surface area contributed by atoms with Crippen molar-refractivity contribution in [3.05, 3.63) is 28.2 Å². The molecule has 0 bridgehead atoms. The summed E-state index contributed by atoms with van der Waals surface area (Å²) in [6.07, 6.45) is 7.33. The van der Waals surface area contributed by atoms with Gasteiger partial charge in [0.25, 0.3) is 0 Å². The highest BCUT2D eigenvalue weighted by Gasteiger charge is 2.45. The number of fused-ring (bicyclic) bond motifs is 1. The van der Waals surface area contributed by atoms with Crippen molar-refractivity contribution in [1.82, 2.24) is 5.32 Å². The molecule has 116 valence electrons. The fraction of sp³-hybridized carbons (Fsp3) is 0.667. The van der Waals surface area contributed by atoms with Crippen LogP contribution in [0.15, 0.2) is 22.7 Å². The van der Waals surface area contributed by atoms with E-state index < -0.39 is 0 Å². The lowest BCUT2D eigenvalue weighted by Gasteiger charge is -2.40. The monoisotopic (exact) mass is 351 g/mol. The van der Waals surface area contributed by atoms with Crippen LogP contribution in [0, 0.1) is 5.92 Å². The van der Waals surface area contributed by atoms with Crippen LogP contribution in [0.1, 0.15) is 64.0 Å². The number of hydrogen-bond donors (Lipinski definition) is 1. The van der Waals surface area contributed by atoms with Crippen molar-refractivity contribution in [3.63, 3.8) is 0 Å². The molecular weight excluding hydrogens is 326 g/mol. The molecule has 1 aliphatic carbocycles. The molecule has 1 aromatic rings. The maximum atomic E-state index is 6.53. The normalized spacial score (nSPS) is 31.2. The first-order valence-electron chi connectivity index (χ1n) is 8.37. The Bertz CT molecular complexity index is 504. The second-order valence-electron chi connectivity index (χ2n) is 6.70. The largest absolute Gasteiger partial charge is 0.487 e. The third-order valence-electron chi connectivity index (χ3n) is 5.14. The Labute approximate surface area is 136 Å². The lowest BCUT2D eigenvalue weighted by molar-refractivity contribution is 0.0327. The van der Waals surface area contributed by atoms with Crippen LogP contribution in [0.5, 0.6) is 5.75 Å². The van der Waals surface area contributed by atoms with E-state index in [9.17, 15) is 0 Å². The minimum Gasteiger partial charge on any atom is -0.487 e. The van der Waals surface area contributed by atoms with E-state index in [1.54, 1.807) is 0 Å². The van der Waals surface area contributed by atoms with Gasteiger partial charge in [0.2, 0.25) is 0 Å². The fourth-order valence-corrected chi connectivity index (χ4v) is 4.31. The lowest BCUT2D eigenvalue weighted by atomic mass is 9.85. The van der Waals surface area contributed by atoms with Crippen LogP contribution in [0.2, 0.25) is 0 Å². The van der Waals surface area contributed by atoms with Crippen LogP contribution >= 0.6 is 15.9 Å². The SMILES string of the molecule is CCCNC1CC2(CCC(CC)C2)Oc2cc(Br)ccc21. The predicted octanol–water partition coefficient (Wildman–Crippen LogP) is 5.22. The third kappa shape index (κ3) is 3.14. The molecule has 2 aliphatic rings. The number of halogens is 1. The average molecular weight is 352 g/mol. The molecule has 21 heavy (non-hydrogen) atoms. The number of nitrogens with one attached hydrogen (secondary N) is 1. The number of benzene rings is 1. The number of rotatable bonds is 4. The molecule has 3 unspecified atom stereocenters. The Morgan fingerprint density at radius 3 is 2.90 bits per heavy atom. The van der Waals surface area contributed by atoms with Gasteiger partial charge in [-0.1, -0.05) is 42.3 Å². The summed E-state index contributed by atoms with van der Waals surface area (Å²) in [6, 6.07) is 6.93. The smallest absolute Gasteiger partial charge is 0.126 e. The molecule has 3 heteroatoms. The third-order valence-corrected chi connectivity index (χ3v) is 5.63. The molecule has 1 fully saturated rings. The standard InChI is InChI=1S/C18H26BrNO/c1-3-9-20-16-12-18(8-7-13(4-2)11-18)21-17-10-14(19)5-6-15(16)17/h5-6,10,13,16,20H,3-4,7-9,11-12H2,1-2H3. The average Bonchev–Trinajstić information content (AvgIpc) is 2.87. The number of hydrogen-bond acceptors (Lipinski definition) is 2. The van der Waals surface area contributed by atoms with Crippen LogP contribution in [-0.2, 0) is 0 Å². The van der Waals surface area contributed by atoms with Gasteiger partial charge >= 0.3 is 0 Å². The van der Waals surface area contributed by atoms with E-state index in [1.165, 1.54) is 37.7 Å². The van der Waals surface area contributed by atoms with Crippen LogP contribution in [0.4, 0.5) is 0 Å². The van der Waals surface area contributed by atoms with Gasteiger partial charge in [-0.15, -0.1) is 0 Å². The van der Waals surface area contributed by atoms with Gasteiger partial charge in [0.05, 0.1) is 0 Å². The van der Waals surface area contributed by atoms with E-state index in [0.29, 0.717) is 6.04 Å². The summed E-state index contributed by atoms with van der Waals surface area (Å²) in [6.45, 7) is 5.62. The topological polar surface area (TPSA) is 21.3 Å². The molecule has 1 aliphatic heterocycles. The first-order chi connectivity index (χ1) is 10.2. The molecule has 0 radical (unpaired) electrons. The summed E-state index contributed by atoms with van der Waals surface area (Å²) < 4.78 is 7.64. The molecular formula is C18H26BrNO. The summed E-state index contributed by atoms with van der Waals surface area (Å²) in [5.74, 6) is 1.92. The molecule has 0 amide bonds. The van der Waals surface area contributed by atoms with Gasteiger partial charge < -0.3 is 10.1 Å². The van der Waals surface area contributed by atoms with Gasteiger partial charge in [-0.25, -0.2) is 0 Å². The highest BCUT2D eigenvalue weighted by molar-refractivity contribution is 9.10. The fourth-order valence-electron chi connectivity index (χ4n) is 3.97. The summed E-state index contributed by atoms with van der Waals surface area (Å²) in [4.78, 5) is 0. The van der Waals surface area contributed by atoms with E-state index in [-0.39, 0.29) is 5.60 Å². The van der Waals surface area contributed by atoms with E-state index >= 15 is 0 Å². The molecule has 1 N–H and O–H groups in total. The highest BCUT2D eigenvalue weighted by Crippen LogP contribution is 2.49. The van der Waals surface area contributed by atoms with Crippen molar-refractivity contribution in [2.45, 2.75) is 64.0 Å². The van der Waals surface area contributed by atoms with Crippen LogP contribution in [-0.4, -0.2) is 12.1 Å². The molecule has 0 saturated heterocycles. The van der Waals surface area contributed by atoms with Gasteiger partial charge in [-0.3, -0.25) is 0 Å². The molecule has 1 heterocycles. The van der Waals surface area contributed by atoms with Gasteiger partial charge in [-0.05, 0) is 50.3 Å². The molecule has 3 rings (SSSR count). The molecule has 0 aromatic heterocycles. The lowest BCUT2D eigenvalue weighted by Crippen LogP contribution is -2.42. The first kappa shape index (κ1) is 15.4. The van der Waals surface area contributed by atoms with Gasteiger partial charge in [0.15, 0.2) is 0 Å². The Hall–Kier alpha value is -0.540. The van der Waals surface area contributed by atoms with Crippen molar-refractivity contribution in [3.8, 4) is 5.75 Å². The van der Waals surface area contributed by atoms with Gasteiger partial charge in [-0.2, -0.15) is 0 Å². The quantitative estimate of drug-likeness (QED) is 0.802. The minimum absolute atomic E-state index is 0.0693. The Morgan fingerprint density at radius 2 is 2.19 bits per heavy atom. The zero-order chi connectivity index (χ0) is 14.9. The van der Waals surface area contributed by atoms with E-state index in [2.05, 4.69) is 53.3 Å². The summed E-state index contributed by atoms with van der Waals surface area (Å²) in [5.41, 5.74) is 1.40. The van der Waals surface area contributed by atoms with Gasteiger partial charge in [0, 0.05) is 22.5 Å². The van der Waals surface area contributed by atoms with Gasteiger partial charge in [0.1, 0.15) is 11.4 Å². The Morgan fingerprint density at radius 1 is 1.33 bits per heavy atom. The van der Waals surface area contributed by atoms with Crippen molar-refractivity contribution in [1.29, 1.82) is 0 Å². The van der Waals surface area contributed by atoms with E-state index in [4.69, 9.17) is 4.74 Å². The van der Waals surface area contributed by atoms with Crippen LogP contribution in [0.25, 0.3) is 0 Å². The van der Waals surface area contributed by atoms with Crippen molar-refractivity contribution in [2.75, 3.05) is 6.54 Å². The predicted molar refractivity (Wildman–Crippen MR) is 90.8 cm³/mol. The van der Waals surface area contributed by atoms with Crippen LogP contribution in [0.3, 0.4) is 0 Å². The molecule has 1 aromatic carbocycles. The minimum atomic E-state index is 0.0693. The molecule has 3 atom stereocenters. The highest BCUT2D eigenvalue weighted by atomic mass is 79.9.